The van der Waals surface area contributed by atoms with Crippen molar-refractivity contribution < 1.29 is 4.79 Å². The largest absolute Gasteiger partial charge is 0.346 e. The Kier molecular flexibility index (Phi) is 5.45. The van der Waals surface area contributed by atoms with Crippen LogP contribution in [0.1, 0.15) is 16.8 Å². The molecule has 0 saturated carbocycles. The summed E-state index contributed by atoms with van der Waals surface area (Å²) in [5.74, 6) is 1.08. The second-order valence-electron chi connectivity index (χ2n) is 6.60. The van der Waals surface area contributed by atoms with E-state index in [1.54, 1.807) is 0 Å². The molecule has 2 heterocycles. The number of thioether (sulfide) groups is 1. The maximum Gasteiger partial charge on any atom is 0.191 e. The molecule has 0 radical (unpaired) electrons. The van der Waals surface area contributed by atoms with Crippen molar-refractivity contribution in [2.45, 2.75) is 18.1 Å². The molecule has 0 fully saturated rings. The zero-order valence-electron chi connectivity index (χ0n) is 15.9. The molecule has 0 aliphatic carbocycles. The van der Waals surface area contributed by atoms with Crippen LogP contribution >= 0.6 is 11.8 Å². The Labute approximate surface area is 172 Å². The smallest absolute Gasteiger partial charge is 0.191 e. The van der Waals surface area contributed by atoms with Crippen LogP contribution in [-0.2, 0) is 13.6 Å². The van der Waals surface area contributed by atoms with Gasteiger partial charge in [-0.1, -0.05) is 60.3 Å². The lowest BCUT2D eigenvalue weighted by Gasteiger charge is -2.03. The highest BCUT2D eigenvalue weighted by molar-refractivity contribution is 7.99. The first kappa shape index (κ1) is 19.0. The van der Waals surface area contributed by atoms with E-state index >= 15 is 0 Å². The highest BCUT2D eigenvalue weighted by Gasteiger charge is 2.17. The molecule has 0 saturated heterocycles. The first-order valence-corrected chi connectivity index (χ1v) is 10.2. The van der Waals surface area contributed by atoms with Crippen LogP contribution in [-0.4, -0.2) is 30.9 Å². The third-order valence-corrected chi connectivity index (χ3v) is 5.77. The molecule has 7 heteroatoms. The highest BCUT2D eigenvalue weighted by atomic mass is 32.2. The van der Waals surface area contributed by atoms with Crippen LogP contribution in [0.3, 0.4) is 0 Å². The molecule has 0 bridgehead atoms. The third-order valence-electron chi connectivity index (χ3n) is 4.75. The van der Waals surface area contributed by atoms with Gasteiger partial charge in [0, 0.05) is 41.8 Å². The first-order chi connectivity index (χ1) is 14.2. The van der Waals surface area contributed by atoms with E-state index < -0.39 is 0 Å². The monoisotopic (exact) mass is 401 g/mol. The van der Waals surface area contributed by atoms with Crippen molar-refractivity contribution in [1.29, 1.82) is 5.26 Å². The summed E-state index contributed by atoms with van der Waals surface area (Å²) in [6.07, 6.45) is 2.26. The standard InChI is InChI=1S/C22H19N5OS/c1-26-21(16-8-3-2-4-9-16)24-25-22(26)29-15-20(28)18-14-27(13-7-12-23)19-11-6-5-10-17(18)19/h2-6,8-11,14H,7,13,15H2,1H3. The van der Waals surface area contributed by atoms with E-state index in [-0.39, 0.29) is 11.5 Å². The van der Waals surface area contributed by atoms with Crippen LogP contribution in [0.15, 0.2) is 66.0 Å². The minimum atomic E-state index is 0.0335. The van der Waals surface area contributed by atoms with E-state index in [0.717, 1.165) is 22.3 Å². The van der Waals surface area contributed by atoms with Gasteiger partial charge in [-0.2, -0.15) is 5.26 Å². The fraction of sp³-hybridized carbons (Fsp3) is 0.182. The Morgan fingerprint density at radius 2 is 1.86 bits per heavy atom. The van der Waals surface area contributed by atoms with Crippen LogP contribution in [0.5, 0.6) is 0 Å². The Hall–Kier alpha value is -3.37. The summed E-state index contributed by atoms with van der Waals surface area (Å²) in [4.78, 5) is 13.0. The van der Waals surface area contributed by atoms with Gasteiger partial charge in [0.2, 0.25) is 0 Å². The van der Waals surface area contributed by atoms with Crippen molar-refractivity contribution in [2.75, 3.05) is 5.75 Å². The van der Waals surface area contributed by atoms with Crippen molar-refractivity contribution in [2.24, 2.45) is 7.05 Å². The van der Waals surface area contributed by atoms with E-state index in [9.17, 15) is 4.79 Å². The molecular formula is C22H19N5OS. The summed E-state index contributed by atoms with van der Waals surface area (Å²) in [6.45, 7) is 0.571. The van der Waals surface area contributed by atoms with Gasteiger partial charge in [-0.15, -0.1) is 10.2 Å². The predicted molar refractivity (Wildman–Crippen MR) is 114 cm³/mol. The number of hydrogen-bond acceptors (Lipinski definition) is 5. The summed E-state index contributed by atoms with van der Waals surface area (Å²) in [7, 11) is 1.91. The maximum absolute atomic E-state index is 13.0. The van der Waals surface area contributed by atoms with Crippen LogP contribution in [0.4, 0.5) is 0 Å². The molecule has 0 N–H and O–H groups in total. The van der Waals surface area contributed by atoms with Gasteiger partial charge in [0.15, 0.2) is 16.8 Å². The Morgan fingerprint density at radius 1 is 1.10 bits per heavy atom. The minimum Gasteiger partial charge on any atom is -0.346 e. The number of nitriles is 1. The molecule has 4 rings (SSSR count). The van der Waals surface area contributed by atoms with Gasteiger partial charge in [0.25, 0.3) is 0 Å². The Balaban J connectivity index is 1.54. The van der Waals surface area contributed by atoms with Gasteiger partial charge >= 0.3 is 0 Å². The fourth-order valence-electron chi connectivity index (χ4n) is 3.31. The zero-order chi connectivity index (χ0) is 20.2. The number of fused-ring (bicyclic) bond motifs is 1. The second-order valence-corrected chi connectivity index (χ2v) is 7.55. The molecule has 0 atom stereocenters. The molecule has 0 aliphatic heterocycles. The van der Waals surface area contributed by atoms with E-state index in [1.165, 1.54) is 11.8 Å². The number of carbonyl (C=O) groups is 1. The number of para-hydroxylation sites is 1. The van der Waals surface area contributed by atoms with Gasteiger partial charge in [-0.25, -0.2) is 0 Å². The van der Waals surface area contributed by atoms with Gasteiger partial charge in [0.1, 0.15) is 0 Å². The third kappa shape index (κ3) is 3.80. The molecular weight excluding hydrogens is 382 g/mol. The summed E-state index contributed by atoms with van der Waals surface area (Å²) < 4.78 is 3.88. The van der Waals surface area contributed by atoms with Gasteiger partial charge < -0.3 is 9.13 Å². The molecule has 6 nitrogen and oxygen atoms in total. The molecule has 29 heavy (non-hydrogen) atoms. The van der Waals surface area contributed by atoms with Crippen molar-refractivity contribution in [3.8, 4) is 17.5 Å². The summed E-state index contributed by atoms with van der Waals surface area (Å²) in [5.41, 5.74) is 2.64. The van der Waals surface area contributed by atoms with Crippen molar-refractivity contribution in [3.05, 3.63) is 66.4 Å². The Morgan fingerprint density at radius 3 is 2.66 bits per heavy atom. The van der Waals surface area contributed by atoms with Crippen LogP contribution in [0.25, 0.3) is 22.3 Å². The number of benzene rings is 2. The molecule has 0 spiro atoms. The number of Topliss-reactive ketones (excluding diaryl/α,β-unsaturated/α-hetero) is 1. The van der Waals surface area contributed by atoms with E-state index in [4.69, 9.17) is 5.26 Å². The van der Waals surface area contributed by atoms with Crippen LogP contribution in [0.2, 0.25) is 0 Å². The lowest BCUT2D eigenvalue weighted by atomic mass is 10.1. The quantitative estimate of drug-likeness (QED) is 0.340. The van der Waals surface area contributed by atoms with Crippen molar-refractivity contribution in [1.82, 2.24) is 19.3 Å². The van der Waals surface area contributed by atoms with E-state index in [0.29, 0.717) is 23.7 Å². The zero-order valence-corrected chi connectivity index (χ0v) is 16.8. The normalized spacial score (nSPS) is 10.9. The average molecular weight is 401 g/mol. The molecule has 2 aromatic carbocycles. The number of nitrogens with zero attached hydrogens (tertiary/aromatic N) is 5. The number of aryl methyl sites for hydroxylation is 1. The SMILES string of the molecule is Cn1c(SCC(=O)c2cn(CCC#N)c3ccccc23)nnc1-c1ccccc1. The molecule has 0 aliphatic rings. The fourth-order valence-corrected chi connectivity index (χ4v) is 4.11. The number of hydrogen-bond donors (Lipinski definition) is 0. The lowest BCUT2D eigenvalue weighted by Crippen LogP contribution is -2.04. The summed E-state index contributed by atoms with van der Waals surface area (Å²) in [5, 5.41) is 19.0. The average Bonchev–Trinajstić information content (AvgIpc) is 3.32. The molecule has 2 aromatic heterocycles. The second kappa shape index (κ2) is 8.33. The van der Waals surface area contributed by atoms with Crippen LogP contribution < -0.4 is 0 Å². The summed E-state index contributed by atoms with van der Waals surface area (Å²) in [6, 6.07) is 19.8. The number of aromatic nitrogens is 4. The number of rotatable bonds is 7. The predicted octanol–water partition coefficient (Wildman–Crippen LogP) is 4.33. The topological polar surface area (TPSA) is 76.5 Å². The highest BCUT2D eigenvalue weighted by Crippen LogP contribution is 2.26. The molecule has 144 valence electrons. The molecule has 4 aromatic rings. The maximum atomic E-state index is 13.0. The first-order valence-electron chi connectivity index (χ1n) is 9.24. The number of carbonyl (C=O) groups excluding carboxylic acids is 1. The number of ketones is 1. The van der Waals surface area contributed by atoms with Crippen molar-refractivity contribution >= 4 is 28.4 Å². The molecule has 0 amide bonds. The van der Waals surface area contributed by atoms with Crippen molar-refractivity contribution in [3.63, 3.8) is 0 Å². The van der Waals surface area contributed by atoms with Gasteiger partial charge in [-0.3, -0.25) is 4.79 Å². The summed E-state index contributed by atoms with van der Waals surface area (Å²) >= 11 is 1.38. The van der Waals surface area contributed by atoms with Gasteiger partial charge in [-0.05, 0) is 6.07 Å². The van der Waals surface area contributed by atoms with E-state index in [2.05, 4.69) is 16.3 Å². The Bertz CT molecular complexity index is 1200. The molecule has 0 unspecified atom stereocenters. The van der Waals surface area contributed by atoms with Crippen LogP contribution in [0, 0.1) is 11.3 Å². The minimum absolute atomic E-state index is 0.0335. The lowest BCUT2D eigenvalue weighted by molar-refractivity contribution is 0.102. The van der Waals surface area contributed by atoms with E-state index in [1.807, 2.05) is 77.0 Å². The van der Waals surface area contributed by atoms with Gasteiger partial charge in [0.05, 0.1) is 18.2 Å².